The lowest BCUT2D eigenvalue weighted by molar-refractivity contribution is -0.121. The number of aliphatic hydroxyl groups is 1. The third-order valence-electron chi connectivity index (χ3n) is 2.99. The Hall–Kier alpha value is -1.35. The molecule has 2 rings (SSSR count). The summed E-state index contributed by atoms with van der Waals surface area (Å²) in [4.78, 5) is 11.2. The van der Waals surface area contributed by atoms with Gasteiger partial charge in [-0.3, -0.25) is 4.79 Å². The van der Waals surface area contributed by atoms with Crippen LogP contribution >= 0.6 is 0 Å². The third kappa shape index (κ3) is 2.61. The van der Waals surface area contributed by atoms with Crippen molar-refractivity contribution in [3.63, 3.8) is 0 Å². The summed E-state index contributed by atoms with van der Waals surface area (Å²) >= 11 is 0. The van der Waals surface area contributed by atoms with E-state index < -0.39 is 0 Å². The molecule has 2 N–H and O–H groups in total. The Balaban J connectivity index is 1.93. The van der Waals surface area contributed by atoms with Crippen LogP contribution in [-0.2, 0) is 24.2 Å². The van der Waals surface area contributed by atoms with Gasteiger partial charge in [0.1, 0.15) is 0 Å². The zero-order valence-electron chi connectivity index (χ0n) is 9.33. The molecule has 1 aliphatic carbocycles. The summed E-state index contributed by atoms with van der Waals surface area (Å²) in [5.41, 5.74) is 4.02. The number of hydrogen-bond donors (Lipinski definition) is 2. The number of amides is 1. The topological polar surface area (TPSA) is 49.3 Å². The average Bonchev–Trinajstić information content (AvgIpc) is 2.74. The normalized spacial score (nSPS) is 13.6. The molecule has 3 nitrogen and oxygen atoms in total. The van der Waals surface area contributed by atoms with Crippen molar-refractivity contribution >= 4 is 5.91 Å². The van der Waals surface area contributed by atoms with Crippen molar-refractivity contribution in [2.75, 3.05) is 6.61 Å². The fraction of sp³-hybridized carbons (Fsp3) is 0.462. The lowest BCUT2D eigenvalue weighted by Crippen LogP contribution is -2.23. The van der Waals surface area contributed by atoms with Gasteiger partial charge < -0.3 is 10.4 Å². The van der Waals surface area contributed by atoms with Crippen molar-refractivity contribution < 1.29 is 9.90 Å². The fourth-order valence-electron chi connectivity index (χ4n) is 2.13. The summed E-state index contributed by atoms with van der Waals surface area (Å²) in [5.74, 6) is -0.0944. The Kier molecular flexibility index (Phi) is 3.57. The molecule has 3 heteroatoms. The van der Waals surface area contributed by atoms with Gasteiger partial charge >= 0.3 is 0 Å². The monoisotopic (exact) mass is 219 g/mol. The molecule has 1 amide bonds. The molecule has 0 aliphatic heterocycles. The molecule has 1 aliphatic rings. The Morgan fingerprint density at radius 2 is 2.12 bits per heavy atom. The van der Waals surface area contributed by atoms with Crippen LogP contribution in [0.5, 0.6) is 0 Å². The number of fused-ring (bicyclic) bond motifs is 1. The molecule has 1 aromatic rings. The predicted molar refractivity (Wildman–Crippen MR) is 62.0 cm³/mol. The van der Waals surface area contributed by atoms with Crippen molar-refractivity contribution in [3.05, 3.63) is 34.9 Å². The predicted octanol–water partition coefficient (Wildman–Crippen LogP) is 1.17. The highest BCUT2D eigenvalue weighted by Gasteiger charge is 2.10. The highest BCUT2D eigenvalue weighted by Crippen LogP contribution is 2.22. The van der Waals surface area contributed by atoms with Gasteiger partial charge in [0.2, 0.25) is 5.91 Å². The minimum Gasteiger partial charge on any atom is -0.396 e. The summed E-state index contributed by atoms with van der Waals surface area (Å²) < 4.78 is 0. The first-order chi connectivity index (χ1) is 7.79. The minimum absolute atomic E-state index is 0.0873. The molecular formula is C13H17NO2. The maximum Gasteiger partial charge on any atom is 0.222 e. The molecule has 16 heavy (non-hydrogen) atoms. The quantitative estimate of drug-likeness (QED) is 0.798. The summed E-state index contributed by atoms with van der Waals surface area (Å²) in [6.07, 6.45) is 3.78. The van der Waals surface area contributed by atoms with Gasteiger partial charge in [-0.05, 0) is 36.0 Å². The van der Waals surface area contributed by atoms with Crippen LogP contribution in [0.1, 0.15) is 29.5 Å². The van der Waals surface area contributed by atoms with Crippen LogP contribution in [0.4, 0.5) is 0 Å². The SMILES string of the molecule is O=C(CCO)NCc1ccc2c(c1)CCC2. The van der Waals surface area contributed by atoms with Crippen LogP contribution in [0, 0.1) is 0 Å². The number of carbonyl (C=O) groups is 1. The number of benzene rings is 1. The first kappa shape index (κ1) is 11.1. The molecular weight excluding hydrogens is 202 g/mol. The van der Waals surface area contributed by atoms with E-state index in [1.807, 2.05) is 0 Å². The molecule has 0 radical (unpaired) electrons. The Bertz CT molecular complexity index is 388. The lowest BCUT2D eigenvalue weighted by Gasteiger charge is -2.06. The van der Waals surface area contributed by atoms with Crippen LogP contribution in [0.2, 0.25) is 0 Å². The van der Waals surface area contributed by atoms with E-state index in [4.69, 9.17) is 5.11 Å². The number of carbonyl (C=O) groups excluding carboxylic acids is 1. The van der Waals surface area contributed by atoms with Crippen molar-refractivity contribution in [3.8, 4) is 0 Å². The van der Waals surface area contributed by atoms with E-state index in [2.05, 4.69) is 23.5 Å². The molecule has 0 bridgehead atoms. The smallest absolute Gasteiger partial charge is 0.222 e. The number of rotatable bonds is 4. The zero-order valence-corrected chi connectivity index (χ0v) is 9.33. The van der Waals surface area contributed by atoms with E-state index in [0.29, 0.717) is 6.54 Å². The number of aryl methyl sites for hydroxylation is 2. The molecule has 0 aromatic heterocycles. The van der Waals surface area contributed by atoms with Crippen LogP contribution in [-0.4, -0.2) is 17.6 Å². The van der Waals surface area contributed by atoms with E-state index in [1.54, 1.807) is 0 Å². The first-order valence-electron chi connectivity index (χ1n) is 5.78. The van der Waals surface area contributed by atoms with Gasteiger partial charge in [0.25, 0.3) is 0 Å². The van der Waals surface area contributed by atoms with Gasteiger partial charge in [-0.15, -0.1) is 0 Å². The fourth-order valence-corrected chi connectivity index (χ4v) is 2.13. The largest absolute Gasteiger partial charge is 0.396 e. The van der Waals surface area contributed by atoms with Crippen molar-refractivity contribution in [2.24, 2.45) is 0 Å². The van der Waals surface area contributed by atoms with E-state index in [9.17, 15) is 4.79 Å². The highest BCUT2D eigenvalue weighted by atomic mass is 16.3. The maximum atomic E-state index is 11.2. The summed E-state index contributed by atoms with van der Waals surface area (Å²) in [7, 11) is 0. The summed E-state index contributed by atoms with van der Waals surface area (Å²) in [6, 6.07) is 6.42. The molecule has 86 valence electrons. The van der Waals surface area contributed by atoms with E-state index in [0.717, 1.165) is 12.0 Å². The number of aliphatic hydroxyl groups excluding tert-OH is 1. The van der Waals surface area contributed by atoms with Crippen LogP contribution in [0.25, 0.3) is 0 Å². The Labute approximate surface area is 95.5 Å². The molecule has 0 fully saturated rings. The van der Waals surface area contributed by atoms with E-state index in [1.165, 1.54) is 24.0 Å². The van der Waals surface area contributed by atoms with Gasteiger partial charge in [-0.1, -0.05) is 18.2 Å². The van der Waals surface area contributed by atoms with Crippen LogP contribution in [0.3, 0.4) is 0 Å². The molecule has 0 saturated carbocycles. The molecule has 0 spiro atoms. The molecule has 1 aromatic carbocycles. The van der Waals surface area contributed by atoms with Crippen LogP contribution in [0.15, 0.2) is 18.2 Å². The number of hydrogen-bond acceptors (Lipinski definition) is 2. The molecule has 0 unspecified atom stereocenters. The van der Waals surface area contributed by atoms with E-state index >= 15 is 0 Å². The van der Waals surface area contributed by atoms with Crippen molar-refractivity contribution in [1.82, 2.24) is 5.32 Å². The minimum atomic E-state index is -0.0944. The average molecular weight is 219 g/mol. The second kappa shape index (κ2) is 5.12. The zero-order chi connectivity index (χ0) is 11.4. The van der Waals surface area contributed by atoms with Gasteiger partial charge in [0.15, 0.2) is 0 Å². The second-order valence-electron chi connectivity index (χ2n) is 4.21. The Morgan fingerprint density at radius 1 is 1.31 bits per heavy atom. The van der Waals surface area contributed by atoms with Crippen LogP contribution < -0.4 is 5.32 Å². The summed E-state index contributed by atoms with van der Waals surface area (Å²) in [6.45, 7) is 0.474. The molecule has 0 saturated heterocycles. The first-order valence-corrected chi connectivity index (χ1v) is 5.78. The molecule has 0 atom stereocenters. The van der Waals surface area contributed by atoms with Gasteiger partial charge in [0.05, 0.1) is 6.61 Å². The lowest BCUT2D eigenvalue weighted by atomic mass is 10.1. The number of nitrogens with one attached hydrogen (secondary N) is 1. The summed E-state index contributed by atoms with van der Waals surface area (Å²) in [5, 5.41) is 11.4. The van der Waals surface area contributed by atoms with Crippen molar-refractivity contribution in [1.29, 1.82) is 0 Å². The maximum absolute atomic E-state index is 11.2. The Morgan fingerprint density at radius 3 is 2.94 bits per heavy atom. The van der Waals surface area contributed by atoms with Gasteiger partial charge in [0, 0.05) is 13.0 Å². The van der Waals surface area contributed by atoms with E-state index in [-0.39, 0.29) is 18.9 Å². The molecule has 0 heterocycles. The van der Waals surface area contributed by atoms with Gasteiger partial charge in [-0.25, -0.2) is 0 Å². The van der Waals surface area contributed by atoms with Crippen molar-refractivity contribution in [2.45, 2.75) is 32.2 Å². The second-order valence-corrected chi connectivity index (χ2v) is 4.21. The standard InChI is InChI=1S/C13H17NO2/c15-7-6-13(16)14-9-10-4-5-11-2-1-3-12(11)8-10/h4-5,8,15H,1-3,6-7,9H2,(H,14,16). The van der Waals surface area contributed by atoms with Gasteiger partial charge in [-0.2, -0.15) is 0 Å². The third-order valence-corrected chi connectivity index (χ3v) is 2.99. The highest BCUT2D eigenvalue weighted by molar-refractivity contribution is 5.75.